The molecular formula is C8H15NO3. The van der Waals surface area contributed by atoms with Crippen LogP contribution in [0.3, 0.4) is 0 Å². The maximum atomic E-state index is 10.8. The van der Waals surface area contributed by atoms with Crippen LogP contribution in [-0.4, -0.2) is 38.4 Å². The first kappa shape index (κ1) is 9.48. The summed E-state index contributed by atoms with van der Waals surface area (Å²) in [7, 11) is 1.63. The highest BCUT2D eigenvalue weighted by molar-refractivity contribution is 5.73. The van der Waals surface area contributed by atoms with E-state index in [9.17, 15) is 4.79 Å². The van der Waals surface area contributed by atoms with Gasteiger partial charge in [0, 0.05) is 20.6 Å². The molecule has 0 aromatic rings. The Kier molecular flexibility index (Phi) is 3.49. The molecule has 0 saturated carbocycles. The molecule has 1 fully saturated rings. The van der Waals surface area contributed by atoms with Gasteiger partial charge in [0.15, 0.2) is 0 Å². The maximum absolute atomic E-state index is 10.8. The number of hydrogen-bond donors (Lipinski definition) is 1. The van der Waals surface area contributed by atoms with Crippen LogP contribution < -0.4 is 5.32 Å². The van der Waals surface area contributed by atoms with Gasteiger partial charge >= 0.3 is 0 Å². The normalized spacial score (nSPS) is 29.8. The van der Waals surface area contributed by atoms with Gasteiger partial charge < -0.3 is 14.8 Å². The second-order valence-corrected chi connectivity index (χ2v) is 2.94. The zero-order chi connectivity index (χ0) is 8.97. The Morgan fingerprint density at radius 3 is 3.00 bits per heavy atom. The van der Waals surface area contributed by atoms with E-state index in [1.807, 2.05) is 0 Å². The third-order valence-corrected chi connectivity index (χ3v) is 2.00. The molecule has 0 aromatic carbocycles. The van der Waals surface area contributed by atoms with Crippen LogP contribution in [0.1, 0.15) is 13.3 Å². The zero-order valence-electron chi connectivity index (χ0n) is 7.50. The van der Waals surface area contributed by atoms with E-state index < -0.39 is 0 Å². The van der Waals surface area contributed by atoms with Crippen LogP contribution >= 0.6 is 0 Å². The van der Waals surface area contributed by atoms with E-state index in [0.717, 1.165) is 6.42 Å². The molecule has 1 saturated heterocycles. The lowest BCUT2D eigenvalue weighted by atomic mass is 10.1. The molecule has 0 bridgehead atoms. The molecule has 0 radical (unpaired) electrons. The fraction of sp³-hybridized carbons (Fsp3) is 0.875. The topological polar surface area (TPSA) is 47.6 Å². The molecule has 1 heterocycles. The first-order valence-electron chi connectivity index (χ1n) is 4.11. The molecule has 1 N–H and O–H groups in total. The van der Waals surface area contributed by atoms with Crippen molar-refractivity contribution in [2.75, 3.05) is 20.3 Å². The first-order chi connectivity index (χ1) is 5.74. The van der Waals surface area contributed by atoms with Gasteiger partial charge in [0.05, 0.1) is 12.6 Å². The zero-order valence-corrected chi connectivity index (χ0v) is 7.50. The van der Waals surface area contributed by atoms with Crippen molar-refractivity contribution in [2.24, 2.45) is 0 Å². The molecule has 70 valence electrons. The van der Waals surface area contributed by atoms with Crippen LogP contribution in [0.2, 0.25) is 0 Å². The highest BCUT2D eigenvalue weighted by Gasteiger charge is 2.25. The van der Waals surface area contributed by atoms with Crippen molar-refractivity contribution in [1.29, 1.82) is 0 Å². The Bertz CT molecular complexity index is 160. The molecule has 4 heteroatoms. The van der Waals surface area contributed by atoms with Crippen LogP contribution in [0.4, 0.5) is 0 Å². The quantitative estimate of drug-likeness (QED) is 0.635. The molecule has 2 atom stereocenters. The van der Waals surface area contributed by atoms with Crippen molar-refractivity contribution in [3.63, 3.8) is 0 Å². The highest BCUT2D eigenvalue weighted by atomic mass is 16.5. The number of nitrogens with one attached hydrogen (secondary N) is 1. The summed E-state index contributed by atoms with van der Waals surface area (Å²) in [6.07, 6.45) is 0.834. The van der Waals surface area contributed by atoms with E-state index in [0.29, 0.717) is 13.2 Å². The van der Waals surface area contributed by atoms with Gasteiger partial charge in [-0.25, -0.2) is 0 Å². The number of carbonyl (C=O) groups excluding carboxylic acids is 1. The van der Waals surface area contributed by atoms with Gasteiger partial charge in [0.25, 0.3) is 0 Å². The Morgan fingerprint density at radius 1 is 1.67 bits per heavy atom. The largest absolute Gasteiger partial charge is 0.379 e. The molecule has 1 aliphatic rings. The minimum absolute atomic E-state index is 0.00245. The molecule has 0 spiro atoms. The first-order valence-corrected chi connectivity index (χ1v) is 4.11. The van der Waals surface area contributed by atoms with Crippen LogP contribution in [0.25, 0.3) is 0 Å². The summed E-state index contributed by atoms with van der Waals surface area (Å²) in [6, 6.07) is 0.112. The third-order valence-electron chi connectivity index (χ3n) is 2.00. The average molecular weight is 173 g/mol. The molecule has 1 rings (SSSR count). The minimum Gasteiger partial charge on any atom is -0.379 e. The van der Waals surface area contributed by atoms with E-state index in [2.05, 4.69) is 5.32 Å². The van der Waals surface area contributed by atoms with Crippen LogP contribution in [0.5, 0.6) is 0 Å². The molecule has 1 amide bonds. The van der Waals surface area contributed by atoms with E-state index >= 15 is 0 Å². The number of ether oxygens (including phenoxy) is 2. The Labute approximate surface area is 72.2 Å². The maximum Gasteiger partial charge on any atom is 0.217 e. The van der Waals surface area contributed by atoms with Crippen LogP contribution in [0, 0.1) is 0 Å². The Morgan fingerprint density at radius 2 is 2.42 bits per heavy atom. The number of hydrogen-bond acceptors (Lipinski definition) is 3. The lowest BCUT2D eigenvalue weighted by Crippen LogP contribution is -2.48. The van der Waals surface area contributed by atoms with E-state index in [4.69, 9.17) is 9.47 Å². The van der Waals surface area contributed by atoms with E-state index in [1.165, 1.54) is 6.92 Å². The predicted molar refractivity (Wildman–Crippen MR) is 43.8 cm³/mol. The second kappa shape index (κ2) is 4.42. The van der Waals surface area contributed by atoms with Crippen molar-refractivity contribution in [1.82, 2.24) is 5.32 Å². The second-order valence-electron chi connectivity index (χ2n) is 2.94. The van der Waals surface area contributed by atoms with Gasteiger partial charge in [0.1, 0.15) is 6.10 Å². The number of rotatable bonds is 2. The lowest BCUT2D eigenvalue weighted by Gasteiger charge is -2.30. The molecule has 12 heavy (non-hydrogen) atoms. The predicted octanol–water partition coefficient (Wildman–Crippen LogP) is -0.0736. The fourth-order valence-corrected chi connectivity index (χ4v) is 1.37. The number of methoxy groups -OCH3 is 1. The van der Waals surface area contributed by atoms with Crippen LogP contribution in [0.15, 0.2) is 0 Å². The summed E-state index contributed by atoms with van der Waals surface area (Å²) >= 11 is 0. The van der Waals surface area contributed by atoms with Gasteiger partial charge in [-0.05, 0) is 6.42 Å². The molecule has 0 unspecified atom stereocenters. The molecule has 4 nitrogen and oxygen atoms in total. The van der Waals surface area contributed by atoms with E-state index in [1.54, 1.807) is 7.11 Å². The van der Waals surface area contributed by atoms with Crippen molar-refractivity contribution in [3.8, 4) is 0 Å². The van der Waals surface area contributed by atoms with Crippen molar-refractivity contribution < 1.29 is 14.3 Å². The van der Waals surface area contributed by atoms with Gasteiger partial charge in [0.2, 0.25) is 5.91 Å². The number of amides is 1. The van der Waals surface area contributed by atoms with E-state index in [-0.39, 0.29) is 18.1 Å². The average Bonchev–Trinajstić information content (AvgIpc) is 2.04. The summed E-state index contributed by atoms with van der Waals surface area (Å²) in [5.74, 6) is -0.0102. The Hall–Kier alpha value is -0.610. The summed E-state index contributed by atoms with van der Waals surface area (Å²) < 4.78 is 10.4. The molecule has 0 aromatic heterocycles. The fourth-order valence-electron chi connectivity index (χ4n) is 1.37. The summed E-state index contributed by atoms with van der Waals surface area (Å²) in [6.45, 7) is 2.79. The van der Waals surface area contributed by atoms with Gasteiger partial charge in [-0.2, -0.15) is 0 Å². The van der Waals surface area contributed by atoms with Gasteiger partial charge in [-0.3, -0.25) is 4.79 Å². The summed E-state index contributed by atoms with van der Waals surface area (Å²) in [5, 5.41) is 2.84. The summed E-state index contributed by atoms with van der Waals surface area (Å²) in [5.41, 5.74) is 0. The molecule has 1 aliphatic heterocycles. The SMILES string of the molecule is CO[C@H]1COCC[C@@H]1NC(C)=O. The van der Waals surface area contributed by atoms with Crippen molar-refractivity contribution in [2.45, 2.75) is 25.5 Å². The minimum atomic E-state index is -0.0102. The molecule has 0 aliphatic carbocycles. The van der Waals surface area contributed by atoms with Crippen molar-refractivity contribution >= 4 is 5.91 Å². The lowest BCUT2D eigenvalue weighted by molar-refractivity contribution is -0.123. The summed E-state index contributed by atoms with van der Waals surface area (Å²) in [4.78, 5) is 10.8. The standard InChI is InChI=1S/C8H15NO3/c1-6(10)9-7-3-4-12-5-8(7)11-2/h7-8H,3-5H2,1-2H3,(H,9,10)/t7-,8-/m0/s1. The Balaban J connectivity index is 2.41. The van der Waals surface area contributed by atoms with Gasteiger partial charge in [-0.1, -0.05) is 0 Å². The third kappa shape index (κ3) is 2.46. The van der Waals surface area contributed by atoms with Crippen LogP contribution in [-0.2, 0) is 14.3 Å². The van der Waals surface area contributed by atoms with Crippen molar-refractivity contribution in [3.05, 3.63) is 0 Å². The smallest absolute Gasteiger partial charge is 0.217 e. The molecular weight excluding hydrogens is 158 g/mol. The monoisotopic (exact) mass is 173 g/mol. The highest BCUT2D eigenvalue weighted by Crippen LogP contribution is 2.10. The van der Waals surface area contributed by atoms with Gasteiger partial charge in [-0.15, -0.1) is 0 Å². The number of carbonyl (C=O) groups is 1.